The molecule has 0 amide bonds. The van der Waals surface area contributed by atoms with Gasteiger partial charge in [-0.25, -0.2) is 4.98 Å². The fraction of sp³-hybridized carbons (Fsp3) is 0. The highest BCUT2D eigenvalue weighted by Gasteiger charge is 1.86. The van der Waals surface area contributed by atoms with Gasteiger partial charge in [0.15, 0.2) is 5.65 Å². The molecule has 2 aromatic rings. The van der Waals surface area contributed by atoms with Crippen molar-refractivity contribution in [3.05, 3.63) is 30.7 Å². The zero-order chi connectivity index (χ0) is 6.10. The maximum atomic E-state index is 3.92. The van der Waals surface area contributed by atoms with Crippen LogP contribution in [0.1, 0.15) is 0 Å². The molecule has 0 saturated carbocycles. The second kappa shape index (κ2) is 1.46. The smallest absolute Gasteiger partial charge is 0.165 e. The second-order valence-corrected chi connectivity index (χ2v) is 1.62. The summed E-state index contributed by atoms with van der Waals surface area (Å²) in [5, 5.41) is 3.84. The van der Waals surface area contributed by atoms with Crippen molar-refractivity contribution < 1.29 is 0 Å². The second-order valence-electron chi connectivity index (χ2n) is 1.62. The van der Waals surface area contributed by atoms with Crippen LogP contribution in [-0.4, -0.2) is 14.6 Å². The van der Waals surface area contributed by atoms with Crippen LogP contribution >= 0.6 is 0 Å². The average Bonchev–Trinajstić information content (AvgIpc) is 2.33. The summed E-state index contributed by atoms with van der Waals surface area (Å²) in [5.74, 6) is 0. The molecule has 0 atom stereocenters. The summed E-state index contributed by atoms with van der Waals surface area (Å²) in [6.45, 7) is 0. The summed E-state index contributed by atoms with van der Waals surface area (Å²) < 4.78 is 1.54. The lowest BCUT2D eigenvalue weighted by Gasteiger charge is -1.77. The highest BCUT2D eigenvalue weighted by atomic mass is 15.3. The zero-order valence-electron chi connectivity index (χ0n) is 4.57. The van der Waals surface area contributed by atoms with E-state index in [1.165, 1.54) is 6.33 Å². The van der Waals surface area contributed by atoms with Gasteiger partial charge in [-0.1, -0.05) is 0 Å². The molecule has 0 aliphatic heterocycles. The Morgan fingerprint density at radius 3 is 3.44 bits per heavy atom. The van der Waals surface area contributed by atoms with E-state index in [0.29, 0.717) is 0 Å². The summed E-state index contributed by atoms with van der Waals surface area (Å²) >= 11 is 0. The minimum atomic E-state index is 0.800. The molecular formula is C6H3N3. The lowest BCUT2D eigenvalue weighted by atomic mass is 10.5. The minimum absolute atomic E-state index is 0.800. The molecular weight excluding hydrogens is 114 g/mol. The van der Waals surface area contributed by atoms with Crippen molar-refractivity contribution in [3.8, 4) is 0 Å². The van der Waals surface area contributed by atoms with Crippen LogP contribution in [0.2, 0.25) is 0 Å². The van der Waals surface area contributed by atoms with Crippen LogP contribution in [-0.2, 0) is 0 Å². The molecule has 0 saturated heterocycles. The predicted octanol–water partition coefficient (Wildman–Crippen LogP) is 0.330. The molecule has 0 spiro atoms. The molecule has 3 heteroatoms. The summed E-state index contributed by atoms with van der Waals surface area (Å²) in [6.07, 6.45) is 4.23. The van der Waals surface area contributed by atoms with Gasteiger partial charge in [0.2, 0.25) is 0 Å². The number of aromatic nitrogens is 3. The van der Waals surface area contributed by atoms with Gasteiger partial charge in [0, 0.05) is 6.20 Å². The average molecular weight is 117 g/mol. The zero-order valence-corrected chi connectivity index (χ0v) is 4.57. The summed E-state index contributed by atoms with van der Waals surface area (Å²) in [4.78, 5) is 3.92. The molecule has 0 radical (unpaired) electrons. The van der Waals surface area contributed by atoms with Gasteiger partial charge in [0.1, 0.15) is 6.33 Å². The molecule has 2 rings (SSSR count). The molecule has 3 nitrogen and oxygen atoms in total. The Morgan fingerprint density at radius 1 is 1.56 bits per heavy atom. The summed E-state index contributed by atoms with van der Waals surface area (Å²) in [5.41, 5.74) is 0.800. The number of fused-ring (bicyclic) bond motifs is 1. The van der Waals surface area contributed by atoms with Gasteiger partial charge in [0.25, 0.3) is 0 Å². The third-order valence-electron chi connectivity index (χ3n) is 1.06. The Bertz CT molecular complexity index is 282. The SMILES string of the molecule is c1ccc2ncnn2c#1. The molecule has 0 N–H and O–H groups in total. The summed E-state index contributed by atoms with van der Waals surface area (Å²) in [6, 6.07) is 6.33. The quantitative estimate of drug-likeness (QED) is 0.497. The lowest BCUT2D eigenvalue weighted by molar-refractivity contribution is 0.965. The van der Waals surface area contributed by atoms with Gasteiger partial charge >= 0.3 is 0 Å². The number of rotatable bonds is 0. The first-order valence-electron chi connectivity index (χ1n) is 2.55. The number of nitrogens with zero attached hydrogens (tertiary/aromatic N) is 3. The monoisotopic (exact) mass is 117 g/mol. The first-order chi connectivity index (χ1) is 4.47. The highest BCUT2D eigenvalue weighted by Crippen LogP contribution is 1.89. The Labute approximate surface area is 52.0 Å². The molecule has 0 aliphatic carbocycles. The molecule has 9 heavy (non-hydrogen) atoms. The topological polar surface area (TPSA) is 30.2 Å². The first-order valence-corrected chi connectivity index (χ1v) is 2.55. The normalized spacial score (nSPS) is 9.33. The molecule has 0 unspecified atom stereocenters. The van der Waals surface area contributed by atoms with Crippen molar-refractivity contribution in [2.75, 3.05) is 0 Å². The first kappa shape index (κ1) is 4.33. The number of hydrogen-bond acceptors (Lipinski definition) is 2. The van der Waals surface area contributed by atoms with E-state index in [2.05, 4.69) is 22.3 Å². The Hall–Kier alpha value is -1.56. The minimum Gasteiger partial charge on any atom is -0.215 e. The van der Waals surface area contributed by atoms with E-state index in [0.717, 1.165) is 5.65 Å². The maximum Gasteiger partial charge on any atom is 0.165 e. The van der Waals surface area contributed by atoms with Crippen molar-refractivity contribution in [1.82, 2.24) is 14.6 Å². The van der Waals surface area contributed by atoms with Crippen LogP contribution in [0, 0.1) is 12.3 Å². The van der Waals surface area contributed by atoms with Gasteiger partial charge in [-0.2, -0.15) is 4.52 Å². The van der Waals surface area contributed by atoms with Crippen molar-refractivity contribution in [3.63, 3.8) is 0 Å². The van der Waals surface area contributed by atoms with Gasteiger partial charge in [-0.05, 0) is 18.2 Å². The van der Waals surface area contributed by atoms with Crippen molar-refractivity contribution >= 4 is 5.65 Å². The molecule has 2 aromatic heterocycles. The van der Waals surface area contributed by atoms with Crippen molar-refractivity contribution in [1.29, 1.82) is 0 Å². The standard InChI is InChI=1S/C6H3N3/c1-2-4-9-6(3-1)7-5-8-9/h1,3,5H. The van der Waals surface area contributed by atoms with Crippen LogP contribution in [0.15, 0.2) is 18.5 Å². The molecule has 42 valence electrons. The number of hydrogen-bond donors (Lipinski definition) is 0. The van der Waals surface area contributed by atoms with Crippen LogP contribution in [0.5, 0.6) is 0 Å². The Morgan fingerprint density at radius 2 is 2.56 bits per heavy atom. The van der Waals surface area contributed by atoms with Crippen molar-refractivity contribution in [2.45, 2.75) is 0 Å². The maximum absolute atomic E-state index is 3.92. The highest BCUT2D eigenvalue weighted by molar-refractivity contribution is 5.32. The van der Waals surface area contributed by atoms with Crippen LogP contribution in [0.4, 0.5) is 0 Å². The van der Waals surface area contributed by atoms with E-state index in [-0.39, 0.29) is 0 Å². The predicted molar refractivity (Wildman–Crippen MR) is 30.7 cm³/mol. The van der Waals surface area contributed by atoms with E-state index in [1.807, 2.05) is 6.07 Å². The fourth-order valence-corrected chi connectivity index (χ4v) is 0.665. The van der Waals surface area contributed by atoms with Crippen LogP contribution < -0.4 is 0 Å². The van der Waals surface area contributed by atoms with E-state index >= 15 is 0 Å². The summed E-state index contributed by atoms with van der Waals surface area (Å²) in [7, 11) is 0. The van der Waals surface area contributed by atoms with Crippen LogP contribution in [0.3, 0.4) is 0 Å². The van der Waals surface area contributed by atoms with E-state index in [1.54, 1.807) is 10.6 Å². The fourth-order valence-electron chi connectivity index (χ4n) is 0.665. The van der Waals surface area contributed by atoms with Gasteiger partial charge < -0.3 is 0 Å². The molecule has 0 bridgehead atoms. The van der Waals surface area contributed by atoms with Gasteiger partial charge in [-0.3, -0.25) is 0 Å². The largest absolute Gasteiger partial charge is 0.215 e. The lowest BCUT2D eigenvalue weighted by Crippen LogP contribution is -1.80. The van der Waals surface area contributed by atoms with Gasteiger partial charge in [0.05, 0.1) is 0 Å². The molecule has 0 aromatic carbocycles. The third-order valence-corrected chi connectivity index (χ3v) is 1.06. The Balaban J connectivity index is 2.95. The Kier molecular flexibility index (Phi) is 0.701. The van der Waals surface area contributed by atoms with Crippen molar-refractivity contribution in [2.24, 2.45) is 0 Å². The molecule has 0 aliphatic rings. The van der Waals surface area contributed by atoms with E-state index in [4.69, 9.17) is 0 Å². The molecule has 0 fully saturated rings. The van der Waals surface area contributed by atoms with E-state index in [9.17, 15) is 0 Å². The molecule has 2 heterocycles. The van der Waals surface area contributed by atoms with Crippen LogP contribution in [0.25, 0.3) is 5.65 Å². The van der Waals surface area contributed by atoms with E-state index < -0.39 is 0 Å². The third kappa shape index (κ3) is 0.533. The van der Waals surface area contributed by atoms with Gasteiger partial charge in [-0.15, -0.1) is 5.10 Å².